The van der Waals surface area contributed by atoms with E-state index in [0.29, 0.717) is 11.3 Å². The van der Waals surface area contributed by atoms with Crippen molar-refractivity contribution in [1.82, 2.24) is 4.90 Å². The maximum atomic E-state index is 11.7. The predicted molar refractivity (Wildman–Crippen MR) is 74.5 cm³/mol. The Labute approximate surface area is 112 Å². The second-order valence-electron chi connectivity index (χ2n) is 4.28. The monoisotopic (exact) mass is 259 g/mol. The standard InChI is InChI=1S/C14H17N3O2/c1-4-5-12(15)13(18)16-11-8-6-10(7-9-11)14(19)17(2)3/h1,6-9,12H,5,15H2,2-3H3,(H,16,18). The van der Waals surface area contributed by atoms with Crippen LogP contribution in [-0.2, 0) is 4.79 Å². The number of carbonyl (C=O) groups is 2. The first-order chi connectivity index (χ1) is 8.95. The van der Waals surface area contributed by atoms with E-state index in [1.165, 1.54) is 4.90 Å². The van der Waals surface area contributed by atoms with Gasteiger partial charge in [0.25, 0.3) is 5.91 Å². The van der Waals surface area contributed by atoms with E-state index in [1.807, 2.05) is 0 Å². The van der Waals surface area contributed by atoms with Gasteiger partial charge in [0.2, 0.25) is 5.91 Å². The molecule has 0 saturated heterocycles. The maximum Gasteiger partial charge on any atom is 0.253 e. The third-order valence-corrected chi connectivity index (χ3v) is 2.48. The van der Waals surface area contributed by atoms with Gasteiger partial charge in [-0.2, -0.15) is 0 Å². The Kier molecular flexibility index (Phi) is 5.10. The molecule has 0 aliphatic rings. The number of hydrogen-bond acceptors (Lipinski definition) is 3. The average Bonchev–Trinajstić information content (AvgIpc) is 2.38. The van der Waals surface area contributed by atoms with Crippen molar-refractivity contribution in [3.05, 3.63) is 29.8 Å². The van der Waals surface area contributed by atoms with E-state index < -0.39 is 6.04 Å². The van der Waals surface area contributed by atoms with E-state index >= 15 is 0 Å². The van der Waals surface area contributed by atoms with E-state index in [1.54, 1.807) is 38.4 Å². The fourth-order valence-electron chi connectivity index (χ4n) is 1.41. The van der Waals surface area contributed by atoms with Crippen molar-refractivity contribution < 1.29 is 9.59 Å². The second kappa shape index (κ2) is 6.57. The number of rotatable bonds is 4. The second-order valence-corrected chi connectivity index (χ2v) is 4.28. The van der Waals surface area contributed by atoms with Crippen LogP contribution in [0, 0.1) is 12.3 Å². The lowest BCUT2D eigenvalue weighted by Gasteiger charge is -2.12. The molecule has 0 bridgehead atoms. The van der Waals surface area contributed by atoms with E-state index in [-0.39, 0.29) is 18.2 Å². The predicted octanol–water partition coefficient (Wildman–Crippen LogP) is 0.677. The summed E-state index contributed by atoms with van der Waals surface area (Å²) >= 11 is 0. The van der Waals surface area contributed by atoms with Gasteiger partial charge >= 0.3 is 0 Å². The minimum absolute atomic E-state index is 0.0955. The Hall–Kier alpha value is -2.32. The number of anilines is 1. The number of nitrogens with one attached hydrogen (secondary N) is 1. The molecule has 1 atom stereocenters. The first-order valence-electron chi connectivity index (χ1n) is 5.77. The molecule has 5 heteroatoms. The molecule has 1 aromatic carbocycles. The van der Waals surface area contributed by atoms with Gasteiger partial charge in [0.05, 0.1) is 6.04 Å². The van der Waals surface area contributed by atoms with Crippen molar-refractivity contribution in [1.29, 1.82) is 0 Å². The highest BCUT2D eigenvalue weighted by Crippen LogP contribution is 2.11. The Morgan fingerprint density at radius 1 is 1.37 bits per heavy atom. The molecule has 100 valence electrons. The molecule has 0 aromatic heterocycles. The quantitative estimate of drug-likeness (QED) is 0.781. The lowest BCUT2D eigenvalue weighted by Crippen LogP contribution is -2.35. The van der Waals surface area contributed by atoms with Crippen molar-refractivity contribution in [2.24, 2.45) is 5.73 Å². The molecule has 0 aliphatic heterocycles. The molecular weight excluding hydrogens is 242 g/mol. The molecule has 2 amide bonds. The van der Waals surface area contributed by atoms with Crippen LogP contribution in [0.3, 0.4) is 0 Å². The zero-order valence-electron chi connectivity index (χ0n) is 11.0. The summed E-state index contributed by atoms with van der Waals surface area (Å²) in [4.78, 5) is 24.8. The SMILES string of the molecule is C#CCC(N)C(=O)Nc1ccc(C(=O)N(C)C)cc1. The lowest BCUT2D eigenvalue weighted by atomic mass is 10.1. The highest BCUT2D eigenvalue weighted by atomic mass is 16.2. The topological polar surface area (TPSA) is 75.4 Å². The molecule has 3 N–H and O–H groups in total. The van der Waals surface area contributed by atoms with Gasteiger partial charge in [0.15, 0.2) is 0 Å². The summed E-state index contributed by atoms with van der Waals surface area (Å²) in [5, 5.41) is 2.64. The van der Waals surface area contributed by atoms with Crippen molar-refractivity contribution in [2.75, 3.05) is 19.4 Å². The van der Waals surface area contributed by atoms with Crippen molar-refractivity contribution >= 4 is 17.5 Å². The normalized spacial score (nSPS) is 11.3. The number of carbonyl (C=O) groups excluding carboxylic acids is 2. The Bertz CT molecular complexity index is 500. The van der Waals surface area contributed by atoms with Gasteiger partial charge in [-0.3, -0.25) is 9.59 Å². The summed E-state index contributed by atoms with van der Waals surface area (Å²) in [6.45, 7) is 0. The van der Waals surface area contributed by atoms with Crippen LogP contribution < -0.4 is 11.1 Å². The number of amides is 2. The van der Waals surface area contributed by atoms with E-state index in [0.717, 1.165) is 0 Å². The fourth-order valence-corrected chi connectivity index (χ4v) is 1.41. The molecule has 1 rings (SSSR count). The maximum absolute atomic E-state index is 11.7. The summed E-state index contributed by atoms with van der Waals surface area (Å²) in [6.07, 6.45) is 5.27. The van der Waals surface area contributed by atoms with Crippen LogP contribution in [0.1, 0.15) is 16.8 Å². The van der Waals surface area contributed by atoms with Gasteiger partial charge < -0.3 is 16.0 Å². The smallest absolute Gasteiger partial charge is 0.253 e. The van der Waals surface area contributed by atoms with Crippen LogP contribution in [0.4, 0.5) is 5.69 Å². The van der Waals surface area contributed by atoms with Gasteiger partial charge in [-0.25, -0.2) is 0 Å². The Morgan fingerprint density at radius 2 is 1.95 bits per heavy atom. The summed E-state index contributed by atoms with van der Waals surface area (Å²) in [6, 6.07) is 5.86. The fraction of sp³-hybridized carbons (Fsp3) is 0.286. The molecule has 0 radical (unpaired) electrons. The highest BCUT2D eigenvalue weighted by Gasteiger charge is 2.12. The number of benzene rings is 1. The van der Waals surface area contributed by atoms with Gasteiger partial charge in [-0.15, -0.1) is 12.3 Å². The number of terminal acetylenes is 1. The van der Waals surface area contributed by atoms with Crippen LogP contribution >= 0.6 is 0 Å². The van der Waals surface area contributed by atoms with Crippen LogP contribution in [0.5, 0.6) is 0 Å². The minimum atomic E-state index is -0.729. The lowest BCUT2D eigenvalue weighted by molar-refractivity contribution is -0.117. The molecule has 1 unspecified atom stereocenters. The Balaban J connectivity index is 2.70. The van der Waals surface area contributed by atoms with Crippen LogP contribution in [-0.4, -0.2) is 36.9 Å². The molecule has 19 heavy (non-hydrogen) atoms. The average molecular weight is 259 g/mol. The van der Waals surface area contributed by atoms with Crippen molar-refractivity contribution in [3.8, 4) is 12.3 Å². The molecule has 0 aliphatic carbocycles. The third kappa shape index (κ3) is 4.12. The van der Waals surface area contributed by atoms with Gasteiger partial charge in [-0.1, -0.05) is 0 Å². The third-order valence-electron chi connectivity index (χ3n) is 2.48. The Morgan fingerprint density at radius 3 is 2.42 bits per heavy atom. The zero-order chi connectivity index (χ0) is 14.4. The van der Waals surface area contributed by atoms with Crippen molar-refractivity contribution in [3.63, 3.8) is 0 Å². The van der Waals surface area contributed by atoms with E-state index in [9.17, 15) is 9.59 Å². The van der Waals surface area contributed by atoms with Crippen LogP contribution in [0.2, 0.25) is 0 Å². The minimum Gasteiger partial charge on any atom is -0.345 e. The molecule has 0 fully saturated rings. The molecule has 0 heterocycles. The molecule has 0 spiro atoms. The van der Waals surface area contributed by atoms with Crippen molar-refractivity contribution in [2.45, 2.75) is 12.5 Å². The molecular formula is C14H17N3O2. The first kappa shape index (κ1) is 14.7. The van der Waals surface area contributed by atoms with Gasteiger partial charge in [0.1, 0.15) is 0 Å². The van der Waals surface area contributed by atoms with Gasteiger partial charge in [0, 0.05) is 31.8 Å². The van der Waals surface area contributed by atoms with Crippen LogP contribution in [0.25, 0.3) is 0 Å². The van der Waals surface area contributed by atoms with E-state index in [4.69, 9.17) is 12.2 Å². The van der Waals surface area contributed by atoms with Gasteiger partial charge in [-0.05, 0) is 24.3 Å². The summed E-state index contributed by atoms with van der Waals surface area (Å²) < 4.78 is 0. The van der Waals surface area contributed by atoms with Crippen LogP contribution in [0.15, 0.2) is 24.3 Å². The summed E-state index contributed by atoms with van der Waals surface area (Å²) in [5.41, 5.74) is 6.71. The van der Waals surface area contributed by atoms with E-state index in [2.05, 4.69) is 11.2 Å². The largest absolute Gasteiger partial charge is 0.345 e. The molecule has 5 nitrogen and oxygen atoms in total. The summed E-state index contributed by atoms with van der Waals surface area (Å²) in [5.74, 6) is 1.90. The number of nitrogens with two attached hydrogens (primary N) is 1. The molecule has 1 aromatic rings. The number of nitrogens with zero attached hydrogens (tertiary/aromatic N) is 1. The zero-order valence-corrected chi connectivity index (χ0v) is 11.0. The highest BCUT2D eigenvalue weighted by molar-refractivity contribution is 5.97. The summed E-state index contributed by atoms with van der Waals surface area (Å²) in [7, 11) is 3.35. The first-order valence-corrected chi connectivity index (χ1v) is 5.77. The molecule has 0 saturated carbocycles. The number of hydrogen-bond donors (Lipinski definition) is 2.